The van der Waals surface area contributed by atoms with Crippen LogP contribution in [0.4, 0.5) is 0 Å². The molecule has 1 heteroatoms. The molecule has 3 rings (SSSR count). The maximum Gasteiger partial charge on any atom is 0.136 e. The van der Waals surface area contributed by atoms with Crippen molar-refractivity contribution in [3.63, 3.8) is 0 Å². The van der Waals surface area contributed by atoms with Gasteiger partial charge >= 0.3 is 0 Å². The number of ketones is 1. The summed E-state index contributed by atoms with van der Waals surface area (Å²) in [5.41, 5.74) is 2.87. The lowest BCUT2D eigenvalue weighted by Gasteiger charge is -2.39. The summed E-state index contributed by atoms with van der Waals surface area (Å²) in [6, 6.07) is 8.54. The second kappa shape index (κ2) is 2.44. The Kier molecular flexibility index (Phi) is 1.37. The minimum atomic E-state index is 0.370. The van der Waals surface area contributed by atoms with Crippen molar-refractivity contribution in [3.8, 4) is 0 Å². The number of Topliss-reactive ketones (excluding diaryl/α,β-unsaturated/α-hetero) is 1. The molecule has 2 atom stereocenters. The van der Waals surface area contributed by atoms with E-state index in [1.807, 2.05) is 0 Å². The zero-order chi connectivity index (χ0) is 8.84. The van der Waals surface area contributed by atoms with Crippen molar-refractivity contribution >= 4 is 5.78 Å². The average Bonchev–Trinajstić information content (AvgIpc) is 2.16. The Morgan fingerprint density at radius 1 is 1.00 bits per heavy atom. The lowest BCUT2D eigenvalue weighted by molar-refractivity contribution is -0.134. The molecule has 1 nitrogen and oxygen atoms in total. The summed E-state index contributed by atoms with van der Waals surface area (Å²) < 4.78 is 0. The van der Waals surface area contributed by atoms with Crippen molar-refractivity contribution in [2.45, 2.75) is 19.3 Å². The summed E-state index contributed by atoms with van der Waals surface area (Å²) in [6.45, 7) is 0. The third-order valence-electron chi connectivity index (χ3n) is 3.49. The molecular formula is C12H12O. The highest BCUT2D eigenvalue weighted by molar-refractivity contribution is 5.88. The van der Waals surface area contributed by atoms with Crippen molar-refractivity contribution < 1.29 is 4.79 Å². The summed E-state index contributed by atoms with van der Waals surface area (Å²) in [5, 5.41) is 0. The third-order valence-corrected chi connectivity index (χ3v) is 3.49. The molecule has 0 saturated heterocycles. The second-order valence-electron chi connectivity index (χ2n) is 4.21. The van der Waals surface area contributed by atoms with Gasteiger partial charge in [0, 0.05) is 12.3 Å². The highest BCUT2D eigenvalue weighted by atomic mass is 16.1. The molecule has 0 radical (unpaired) electrons. The molecule has 0 spiro atoms. The van der Waals surface area contributed by atoms with Crippen molar-refractivity contribution in [1.82, 2.24) is 0 Å². The molecule has 13 heavy (non-hydrogen) atoms. The quantitative estimate of drug-likeness (QED) is 0.585. The van der Waals surface area contributed by atoms with E-state index < -0.39 is 0 Å². The van der Waals surface area contributed by atoms with E-state index in [9.17, 15) is 4.79 Å². The minimum Gasteiger partial charge on any atom is -0.299 e. The fraction of sp³-hybridized carbons (Fsp3) is 0.417. The van der Waals surface area contributed by atoms with E-state index >= 15 is 0 Å². The van der Waals surface area contributed by atoms with Crippen LogP contribution >= 0.6 is 0 Å². The lowest BCUT2D eigenvalue weighted by Crippen LogP contribution is -2.42. The number of fused-ring (bicyclic) bond motifs is 2. The Bertz CT molecular complexity index is 367. The Morgan fingerprint density at radius 2 is 1.69 bits per heavy atom. The van der Waals surface area contributed by atoms with Crippen LogP contribution in [0.3, 0.4) is 0 Å². The van der Waals surface area contributed by atoms with Gasteiger partial charge in [0.2, 0.25) is 0 Å². The van der Waals surface area contributed by atoms with E-state index in [1.54, 1.807) is 0 Å². The van der Waals surface area contributed by atoms with Crippen LogP contribution < -0.4 is 0 Å². The van der Waals surface area contributed by atoms with E-state index in [0.717, 1.165) is 19.3 Å². The minimum absolute atomic E-state index is 0.370. The van der Waals surface area contributed by atoms with Crippen LogP contribution in [0.5, 0.6) is 0 Å². The molecule has 1 aromatic rings. The van der Waals surface area contributed by atoms with Gasteiger partial charge in [-0.3, -0.25) is 4.79 Å². The van der Waals surface area contributed by atoms with Gasteiger partial charge in [0.05, 0.1) is 0 Å². The average molecular weight is 172 g/mol. The van der Waals surface area contributed by atoms with Crippen molar-refractivity contribution in [2.24, 2.45) is 11.8 Å². The molecule has 1 aromatic carbocycles. The number of rotatable bonds is 0. The van der Waals surface area contributed by atoms with Crippen LogP contribution in [0.1, 0.15) is 17.5 Å². The molecule has 0 bridgehead atoms. The fourth-order valence-electron chi connectivity index (χ4n) is 2.62. The predicted molar refractivity (Wildman–Crippen MR) is 50.5 cm³/mol. The smallest absolute Gasteiger partial charge is 0.136 e. The summed E-state index contributed by atoms with van der Waals surface area (Å²) in [6.07, 6.45) is 2.96. The topological polar surface area (TPSA) is 17.1 Å². The van der Waals surface area contributed by atoms with Crippen LogP contribution in [0.15, 0.2) is 24.3 Å². The Labute approximate surface area is 77.8 Å². The van der Waals surface area contributed by atoms with Gasteiger partial charge in [-0.15, -0.1) is 0 Å². The van der Waals surface area contributed by atoms with Gasteiger partial charge in [0.15, 0.2) is 0 Å². The van der Waals surface area contributed by atoms with Crippen LogP contribution in [0, 0.1) is 11.8 Å². The van der Waals surface area contributed by atoms with Crippen LogP contribution in [0.2, 0.25) is 0 Å². The van der Waals surface area contributed by atoms with Gasteiger partial charge in [-0.05, 0) is 29.9 Å². The van der Waals surface area contributed by atoms with E-state index in [4.69, 9.17) is 0 Å². The van der Waals surface area contributed by atoms with Gasteiger partial charge in [0.1, 0.15) is 5.78 Å². The van der Waals surface area contributed by atoms with E-state index in [2.05, 4.69) is 24.3 Å². The zero-order valence-corrected chi connectivity index (χ0v) is 7.49. The Balaban J connectivity index is 1.99. The van der Waals surface area contributed by atoms with Crippen LogP contribution in [-0.2, 0) is 17.6 Å². The summed E-state index contributed by atoms with van der Waals surface area (Å²) >= 11 is 0. The predicted octanol–water partition coefficient (Wildman–Crippen LogP) is 1.99. The molecule has 0 aliphatic heterocycles. The third kappa shape index (κ3) is 0.963. The molecule has 0 N–H and O–H groups in total. The maximum absolute atomic E-state index is 11.3. The molecule has 2 aliphatic rings. The summed E-state index contributed by atoms with van der Waals surface area (Å²) in [7, 11) is 0. The maximum atomic E-state index is 11.3. The van der Waals surface area contributed by atoms with Crippen molar-refractivity contribution in [3.05, 3.63) is 35.4 Å². The molecule has 0 amide bonds. The summed E-state index contributed by atoms with van der Waals surface area (Å²) in [4.78, 5) is 11.3. The van der Waals surface area contributed by atoms with Gasteiger partial charge in [-0.25, -0.2) is 0 Å². The molecule has 0 unspecified atom stereocenters. The highest BCUT2D eigenvalue weighted by Crippen LogP contribution is 2.40. The van der Waals surface area contributed by atoms with Crippen LogP contribution in [0.25, 0.3) is 0 Å². The number of carbonyl (C=O) groups excluding carboxylic acids is 1. The molecule has 2 aliphatic carbocycles. The number of hydrogen-bond donors (Lipinski definition) is 0. The zero-order valence-electron chi connectivity index (χ0n) is 7.49. The fourth-order valence-corrected chi connectivity index (χ4v) is 2.62. The number of carbonyl (C=O) groups is 1. The van der Waals surface area contributed by atoms with Gasteiger partial charge in [0.25, 0.3) is 0 Å². The molecular weight excluding hydrogens is 160 g/mol. The summed E-state index contributed by atoms with van der Waals surface area (Å²) in [5.74, 6) is 1.52. The SMILES string of the molecule is O=C1C[C@H]2Cc3ccccc3C[C@@H]12. The van der Waals surface area contributed by atoms with Gasteiger partial charge < -0.3 is 0 Å². The standard InChI is InChI=1S/C12H12O/c13-12-7-10-5-8-3-1-2-4-9(8)6-11(10)12/h1-4,10-11H,5-7H2/t10-,11-/m1/s1. The first kappa shape index (κ1) is 7.31. The lowest BCUT2D eigenvalue weighted by atomic mass is 9.63. The first-order chi connectivity index (χ1) is 6.34. The first-order valence-corrected chi connectivity index (χ1v) is 4.94. The van der Waals surface area contributed by atoms with E-state index in [1.165, 1.54) is 11.1 Å². The second-order valence-corrected chi connectivity index (χ2v) is 4.21. The highest BCUT2D eigenvalue weighted by Gasteiger charge is 2.42. The molecule has 66 valence electrons. The van der Waals surface area contributed by atoms with E-state index in [-0.39, 0.29) is 0 Å². The largest absolute Gasteiger partial charge is 0.299 e. The molecule has 1 fully saturated rings. The van der Waals surface area contributed by atoms with Crippen molar-refractivity contribution in [2.75, 3.05) is 0 Å². The van der Waals surface area contributed by atoms with Gasteiger partial charge in [-0.1, -0.05) is 24.3 Å². The molecule has 1 saturated carbocycles. The van der Waals surface area contributed by atoms with Gasteiger partial charge in [-0.2, -0.15) is 0 Å². The monoisotopic (exact) mass is 172 g/mol. The normalized spacial score (nSPS) is 30.3. The number of hydrogen-bond acceptors (Lipinski definition) is 1. The molecule has 0 aromatic heterocycles. The molecule has 0 heterocycles. The Hall–Kier alpha value is -1.11. The van der Waals surface area contributed by atoms with Crippen LogP contribution in [-0.4, -0.2) is 5.78 Å². The Morgan fingerprint density at radius 3 is 2.38 bits per heavy atom. The van der Waals surface area contributed by atoms with E-state index in [0.29, 0.717) is 17.6 Å². The number of benzene rings is 1. The van der Waals surface area contributed by atoms with Crippen molar-refractivity contribution in [1.29, 1.82) is 0 Å². The first-order valence-electron chi connectivity index (χ1n) is 4.94.